The molecule has 1 heterocycles. The normalized spacial score (nSPS) is 37.8. The first-order valence-electron chi connectivity index (χ1n) is 7.53. The van der Waals surface area contributed by atoms with Crippen molar-refractivity contribution < 1.29 is 0 Å². The predicted molar refractivity (Wildman–Crippen MR) is 74.2 cm³/mol. The summed E-state index contributed by atoms with van der Waals surface area (Å²) in [5.41, 5.74) is 0.681. The summed E-state index contributed by atoms with van der Waals surface area (Å²) in [4.78, 5) is 2.77. The molecule has 3 unspecified atom stereocenters. The maximum absolute atomic E-state index is 3.48. The van der Waals surface area contributed by atoms with Crippen LogP contribution < -0.4 is 5.32 Å². The monoisotopic (exact) mass is 238 g/mol. The molecule has 2 heteroatoms. The molecule has 17 heavy (non-hydrogen) atoms. The highest BCUT2D eigenvalue weighted by molar-refractivity contribution is 4.94. The Hall–Kier alpha value is -0.0800. The van der Waals surface area contributed by atoms with E-state index in [4.69, 9.17) is 0 Å². The predicted octanol–water partition coefficient (Wildman–Crippen LogP) is 2.89. The second-order valence-corrected chi connectivity index (χ2v) is 6.46. The van der Waals surface area contributed by atoms with Crippen molar-refractivity contribution in [3.8, 4) is 0 Å². The van der Waals surface area contributed by atoms with E-state index in [1.807, 2.05) is 0 Å². The van der Waals surface area contributed by atoms with Gasteiger partial charge in [0, 0.05) is 18.6 Å². The molecular weight excluding hydrogens is 208 g/mol. The second kappa shape index (κ2) is 5.27. The van der Waals surface area contributed by atoms with E-state index in [1.165, 1.54) is 45.2 Å². The second-order valence-electron chi connectivity index (χ2n) is 6.46. The third-order valence-electron chi connectivity index (χ3n) is 5.77. The minimum atomic E-state index is 0.681. The van der Waals surface area contributed by atoms with Crippen molar-refractivity contribution in [3.05, 3.63) is 0 Å². The van der Waals surface area contributed by atoms with Crippen molar-refractivity contribution in [1.82, 2.24) is 10.2 Å². The zero-order chi connectivity index (χ0) is 12.5. The molecule has 0 aromatic carbocycles. The zero-order valence-electron chi connectivity index (χ0n) is 12.1. The zero-order valence-corrected chi connectivity index (χ0v) is 12.1. The molecule has 3 atom stereocenters. The van der Waals surface area contributed by atoms with Crippen molar-refractivity contribution in [2.24, 2.45) is 11.3 Å². The average Bonchev–Trinajstić information content (AvgIpc) is 2.29. The fourth-order valence-electron chi connectivity index (χ4n) is 3.80. The van der Waals surface area contributed by atoms with Gasteiger partial charge in [0.2, 0.25) is 0 Å². The molecule has 2 nitrogen and oxygen atoms in total. The van der Waals surface area contributed by atoms with Crippen LogP contribution in [0.5, 0.6) is 0 Å². The van der Waals surface area contributed by atoms with E-state index in [0.717, 1.165) is 18.0 Å². The van der Waals surface area contributed by atoms with Crippen LogP contribution in [-0.2, 0) is 0 Å². The lowest BCUT2D eigenvalue weighted by Gasteiger charge is -2.50. The molecule has 1 saturated carbocycles. The van der Waals surface area contributed by atoms with Crippen LogP contribution in [0.2, 0.25) is 0 Å². The van der Waals surface area contributed by atoms with E-state index in [9.17, 15) is 0 Å². The summed E-state index contributed by atoms with van der Waals surface area (Å²) >= 11 is 0. The Morgan fingerprint density at radius 2 is 2.00 bits per heavy atom. The lowest BCUT2D eigenvalue weighted by molar-refractivity contribution is 0.00539. The van der Waals surface area contributed by atoms with Crippen LogP contribution in [0.3, 0.4) is 0 Å². The Morgan fingerprint density at radius 3 is 2.47 bits per heavy atom. The van der Waals surface area contributed by atoms with Gasteiger partial charge in [-0.25, -0.2) is 0 Å². The Morgan fingerprint density at radius 1 is 1.29 bits per heavy atom. The van der Waals surface area contributed by atoms with Crippen molar-refractivity contribution in [2.75, 3.05) is 20.1 Å². The van der Waals surface area contributed by atoms with Gasteiger partial charge in [0.05, 0.1) is 0 Å². The topological polar surface area (TPSA) is 15.3 Å². The van der Waals surface area contributed by atoms with Crippen LogP contribution >= 0.6 is 0 Å². The Balaban J connectivity index is 1.94. The van der Waals surface area contributed by atoms with E-state index in [0.29, 0.717) is 5.41 Å². The minimum absolute atomic E-state index is 0.681. The third-order valence-corrected chi connectivity index (χ3v) is 5.77. The number of likely N-dealkylation sites (tertiary alicyclic amines) is 1. The highest BCUT2D eigenvalue weighted by Crippen LogP contribution is 2.45. The van der Waals surface area contributed by atoms with E-state index in [2.05, 4.69) is 38.0 Å². The molecule has 0 bridgehead atoms. The molecule has 0 spiro atoms. The largest absolute Gasteiger partial charge is 0.317 e. The number of rotatable bonds is 4. The van der Waals surface area contributed by atoms with Crippen molar-refractivity contribution in [3.63, 3.8) is 0 Å². The highest BCUT2D eigenvalue weighted by Gasteiger charge is 2.40. The molecule has 2 aliphatic rings. The van der Waals surface area contributed by atoms with Gasteiger partial charge in [-0.2, -0.15) is 0 Å². The van der Waals surface area contributed by atoms with E-state index >= 15 is 0 Å². The molecule has 0 aromatic rings. The smallest absolute Gasteiger partial charge is 0.0117 e. The molecular formula is C15H30N2. The maximum Gasteiger partial charge on any atom is 0.0117 e. The summed E-state index contributed by atoms with van der Waals surface area (Å²) in [6.45, 7) is 9.87. The summed E-state index contributed by atoms with van der Waals surface area (Å²) in [6, 6.07) is 1.46. The molecule has 1 aliphatic carbocycles. The molecule has 0 amide bonds. The third kappa shape index (κ3) is 2.53. The first kappa shape index (κ1) is 13.4. The maximum atomic E-state index is 3.48. The summed E-state index contributed by atoms with van der Waals surface area (Å²) < 4.78 is 0. The number of piperidine rings is 1. The number of nitrogens with zero attached hydrogens (tertiary/aromatic N) is 1. The Labute approximate surface area is 107 Å². The van der Waals surface area contributed by atoms with E-state index < -0.39 is 0 Å². The molecule has 0 radical (unpaired) electrons. The molecule has 2 rings (SSSR count). The van der Waals surface area contributed by atoms with Gasteiger partial charge < -0.3 is 5.32 Å². The fourth-order valence-corrected chi connectivity index (χ4v) is 3.80. The Kier molecular flexibility index (Phi) is 4.14. The Bertz CT molecular complexity index is 242. The van der Waals surface area contributed by atoms with Gasteiger partial charge in [0.15, 0.2) is 0 Å². The van der Waals surface area contributed by atoms with Gasteiger partial charge in [-0.3, -0.25) is 4.90 Å². The van der Waals surface area contributed by atoms with Crippen LogP contribution in [0.25, 0.3) is 0 Å². The number of hydrogen-bond donors (Lipinski definition) is 1. The summed E-state index contributed by atoms with van der Waals surface area (Å²) in [5, 5.41) is 3.48. The summed E-state index contributed by atoms with van der Waals surface area (Å²) in [5.74, 6) is 0.780. The quantitative estimate of drug-likeness (QED) is 0.810. The molecule has 0 aromatic heterocycles. The van der Waals surface area contributed by atoms with Crippen LogP contribution in [0, 0.1) is 11.3 Å². The van der Waals surface area contributed by atoms with Crippen LogP contribution in [-0.4, -0.2) is 37.1 Å². The van der Waals surface area contributed by atoms with Crippen molar-refractivity contribution in [2.45, 2.75) is 65.0 Å². The number of nitrogens with one attached hydrogen (secondary N) is 1. The minimum Gasteiger partial charge on any atom is -0.317 e. The molecule has 1 saturated heterocycles. The van der Waals surface area contributed by atoms with Crippen LogP contribution in [0.1, 0.15) is 52.9 Å². The number of hydrogen-bond acceptors (Lipinski definition) is 2. The standard InChI is InChI=1S/C15H30N2/c1-5-15(8-6-9-15)11-17-10-7-14(16-4)12(2)13(17)3/h12-14,16H,5-11H2,1-4H3. The van der Waals surface area contributed by atoms with Crippen LogP contribution in [0.15, 0.2) is 0 Å². The molecule has 100 valence electrons. The van der Waals surface area contributed by atoms with E-state index in [1.54, 1.807) is 0 Å². The van der Waals surface area contributed by atoms with Gasteiger partial charge in [-0.1, -0.05) is 20.3 Å². The van der Waals surface area contributed by atoms with Crippen molar-refractivity contribution >= 4 is 0 Å². The van der Waals surface area contributed by atoms with Gasteiger partial charge in [0.1, 0.15) is 0 Å². The van der Waals surface area contributed by atoms with Gasteiger partial charge in [-0.15, -0.1) is 0 Å². The lowest BCUT2D eigenvalue weighted by atomic mass is 9.66. The molecule has 2 fully saturated rings. The van der Waals surface area contributed by atoms with E-state index in [-0.39, 0.29) is 0 Å². The SMILES string of the molecule is CCC1(CN2CCC(NC)C(C)C2C)CCC1. The van der Waals surface area contributed by atoms with Gasteiger partial charge in [0.25, 0.3) is 0 Å². The lowest BCUT2D eigenvalue weighted by Crippen LogP contribution is -2.55. The summed E-state index contributed by atoms with van der Waals surface area (Å²) in [6.07, 6.45) is 7.10. The van der Waals surface area contributed by atoms with Gasteiger partial charge in [-0.05, 0) is 57.5 Å². The van der Waals surface area contributed by atoms with Crippen molar-refractivity contribution in [1.29, 1.82) is 0 Å². The molecule has 1 N–H and O–H groups in total. The first-order chi connectivity index (χ1) is 8.12. The summed E-state index contributed by atoms with van der Waals surface area (Å²) in [7, 11) is 2.11. The van der Waals surface area contributed by atoms with Crippen LogP contribution in [0.4, 0.5) is 0 Å². The molecule has 1 aliphatic heterocycles. The average molecular weight is 238 g/mol. The first-order valence-corrected chi connectivity index (χ1v) is 7.53. The highest BCUT2D eigenvalue weighted by atomic mass is 15.2. The van der Waals surface area contributed by atoms with Gasteiger partial charge >= 0.3 is 0 Å². The fraction of sp³-hybridized carbons (Fsp3) is 1.00.